The fraction of sp³-hybridized carbons (Fsp3) is 0.235. The molecule has 6 nitrogen and oxygen atoms in total. The van der Waals surface area contributed by atoms with E-state index in [1.165, 1.54) is 0 Å². The number of hydrogen-bond acceptors (Lipinski definition) is 3. The van der Waals surface area contributed by atoms with Crippen LogP contribution in [0.3, 0.4) is 0 Å². The zero-order valence-corrected chi connectivity index (χ0v) is 12.7. The lowest BCUT2D eigenvalue weighted by molar-refractivity contribution is 0.0666. The van der Waals surface area contributed by atoms with Crippen LogP contribution in [0.15, 0.2) is 54.7 Å². The van der Waals surface area contributed by atoms with Crippen molar-refractivity contribution in [2.24, 2.45) is 0 Å². The molecule has 0 atom stereocenters. The lowest BCUT2D eigenvalue weighted by atomic mass is 10.2. The lowest BCUT2D eigenvalue weighted by Crippen LogP contribution is -2.51. The van der Waals surface area contributed by atoms with Crippen LogP contribution >= 0.6 is 0 Å². The number of benzene rings is 1. The van der Waals surface area contributed by atoms with E-state index in [4.69, 9.17) is 0 Å². The van der Waals surface area contributed by atoms with Gasteiger partial charge in [0, 0.05) is 38.1 Å². The summed E-state index contributed by atoms with van der Waals surface area (Å²) in [7, 11) is 0. The van der Waals surface area contributed by atoms with Crippen molar-refractivity contribution >= 4 is 17.6 Å². The second-order valence-corrected chi connectivity index (χ2v) is 5.29. The smallest absolute Gasteiger partial charge is 0.321 e. The average Bonchev–Trinajstić information content (AvgIpc) is 2.63. The third-order valence-electron chi connectivity index (χ3n) is 3.76. The molecule has 0 saturated carbocycles. The number of carbonyl (C=O) groups is 2. The minimum absolute atomic E-state index is 0.0892. The number of urea groups is 1. The van der Waals surface area contributed by atoms with E-state index in [1.807, 2.05) is 30.3 Å². The summed E-state index contributed by atoms with van der Waals surface area (Å²) in [4.78, 5) is 32.1. The summed E-state index contributed by atoms with van der Waals surface area (Å²) in [6, 6.07) is 14.5. The molecule has 1 fully saturated rings. The highest BCUT2D eigenvalue weighted by Crippen LogP contribution is 2.10. The predicted molar refractivity (Wildman–Crippen MR) is 87.2 cm³/mol. The molecule has 1 saturated heterocycles. The summed E-state index contributed by atoms with van der Waals surface area (Å²) in [5.41, 5.74) is 1.21. The number of nitrogens with zero attached hydrogens (tertiary/aromatic N) is 3. The number of pyridine rings is 1. The van der Waals surface area contributed by atoms with Gasteiger partial charge in [-0.1, -0.05) is 24.3 Å². The predicted octanol–water partition coefficient (Wildman–Crippen LogP) is 2.07. The molecule has 0 spiro atoms. The molecule has 1 aliphatic heterocycles. The van der Waals surface area contributed by atoms with Crippen molar-refractivity contribution in [1.29, 1.82) is 0 Å². The van der Waals surface area contributed by atoms with Crippen LogP contribution in [0.4, 0.5) is 10.5 Å². The highest BCUT2D eigenvalue weighted by Gasteiger charge is 2.25. The molecule has 0 aliphatic carbocycles. The zero-order valence-electron chi connectivity index (χ0n) is 12.7. The quantitative estimate of drug-likeness (QED) is 0.923. The fourth-order valence-electron chi connectivity index (χ4n) is 2.49. The highest BCUT2D eigenvalue weighted by molar-refractivity contribution is 5.93. The van der Waals surface area contributed by atoms with Crippen molar-refractivity contribution in [3.8, 4) is 0 Å². The van der Waals surface area contributed by atoms with Gasteiger partial charge in [-0.25, -0.2) is 4.79 Å². The first-order valence-corrected chi connectivity index (χ1v) is 7.55. The Labute approximate surface area is 134 Å². The zero-order chi connectivity index (χ0) is 16.1. The Morgan fingerprint density at radius 1 is 0.870 bits per heavy atom. The third-order valence-corrected chi connectivity index (χ3v) is 3.76. The first kappa shape index (κ1) is 15.0. The Hall–Kier alpha value is -2.89. The molecule has 118 valence electrons. The van der Waals surface area contributed by atoms with Crippen LogP contribution in [0.2, 0.25) is 0 Å². The highest BCUT2D eigenvalue weighted by atomic mass is 16.2. The summed E-state index contributed by atoms with van der Waals surface area (Å²) in [6.45, 7) is 2.05. The SMILES string of the molecule is O=C(Nc1ccccc1)N1CCN(C(=O)c2ccccn2)CC1. The molecule has 1 aromatic heterocycles. The number of anilines is 1. The minimum Gasteiger partial charge on any atom is -0.334 e. The van der Waals surface area contributed by atoms with Gasteiger partial charge in [0.15, 0.2) is 0 Å². The molecule has 0 unspecified atom stereocenters. The molecular weight excluding hydrogens is 292 g/mol. The molecule has 6 heteroatoms. The Morgan fingerprint density at radius 2 is 1.52 bits per heavy atom. The van der Waals surface area contributed by atoms with Gasteiger partial charge >= 0.3 is 6.03 Å². The molecule has 0 radical (unpaired) electrons. The number of aromatic nitrogens is 1. The molecule has 3 amide bonds. The van der Waals surface area contributed by atoms with Crippen molar-refractivity contribution in [3.63, 3.8) is 0 Å². The monoisotopic (exact) mass is 310 g/mol. The Morgan fingerprint density at radius 3 is 2.17 bits per heavy atom. The van der Waals surface area contributed by atoms with Gasteiger partial charge in [-0.2, -0.15) is 0 Å². The summed E-state index contributed by atoms with van der Waals surface area (Å²) in [6.07, 6.45) is 1.61. The normalized spacial score (nSPS) is 14.4. The average molecular weight is 310 g/mol. The molecule has 2 heterocycles. The fourth-order valence-corrected chi connectivity index (χ4v) is 2.49. The molecule has 2 aromatic rings. The van der Waals surface area contributed by atoms with Crippen molar-refractivity contribution < 1.29 is 9.59 Å². The van der Waals surface area contributed by atoms with Gasteiger partial charge in [-0.15, -0.1) is 0 Å². The Balaban J connectivity index is 1.54. The summed E-state index contributed by atoms with van der Waals surface area (Å²) >= 11 is 0. The second-order valence-electron chi connectivity index (χ2n) is 5.29. The maximum absolute atomic E-state index is 12.3. The molecule has 0 bridgehead atoms. The summed E-state index contributed by atoms with van der Waals surface area (Å²) in [5, 5.41) is 2.86. The van der Waals surface area contributed by atoms with Gasteiger partial charge in [0.25, 0.3) is 5.91 Å². The molecule has 3 rings (SSSR count). The van der Waals surface area contributed by atoms with E-state index >= 15 is 0 Å². The molecule has 1 aliphatic rings. The lowest BCUT2D eigenvalue weighted by Gasteiger charge is -2.34. The van der Waals surface area contributed by atoms with Crippen LogP contribution < -0.4 is 5.32 Å². The van der Waals surface area contributed by atoms with Gasteiger partial charge < -0.3 is 15.1 Å². The van der Waals surface area contributed by atoms with Gasteiger partial charge in [0.05, 0.1) is 0 Å². The van der Waals surface area contributed by atoms with Crippen LogP contribution in [-0.4, -0.2) is 52.9 Å². The molecular formula is C17H18N4O2. The number of carbonyl (C=O) groups excluding carboxylic acids is 2. The van der Waals surface area contributed by atoms with Gasteiger partial charge in [0.1, 0.15) is 5.69 Å². The van der Waals surface area contributed by atoms with Gasteiger partial charge in [-0.3, -0.25) is 9.78 Å². The van der Waals surface area contributed by atoms with Gasteiger partial charge in [-0.05, 0) is 24.3 Å². The Bertz CT molecular complexity index is 668. The van der Waals surface area contributed by atoms with Crippen molar-refractivity contribution in [2.45, 2.75) is 0 Å². The second kappa shape index (κ2) is 6.91. The maximum Gasteiger partial charge on any atom is 0.321 e. The van der Waals surface area contributed by atoms with E-state index in [1.54, 1.807) is 34.2 Å². The van der Waals surface area contributed by atoms with Crippen LogP contribution in [-0.2, 0) is 0 Å². The first-order valence-electron chi connectivity index (χ1n) is 7.55. The largest absolute Gasteiger partial charge is 0.334 e. The third kappa shape index (κ3) is 3.66. The molecule has 1 aromatic carbocycles. The van der Waals surface area contributed by atoms with Crippen molar-refractivity contribution in [3.05, 3.63) is 60.4 Å². The van der Waals surface area contributed by atoms with Crippen LogP contribution in [0.5, 0.6) is 0 Å². The Kier molecular flexibility index (Phi) is 4.52. The van der Waals surface area contributed by atoms with Crippen LogP contribution in [0.25, 0.3) is 0 Å². The first-order chi connectivity index (χ1) is 11.2. The van der Waals surface area contributed by atoms with E-state index < -0.39 is 0 Å². The molecule has 1 N–H and O–H groups in total. The summed E-state index contributed by atoms with van der Waals surface area (Å²) < 4.78 is 0. The number of rotatable bonds is 2. The van der Waals surface area contributed by atoms with E-state index in [0.29, 0.717) is 31.9 Å². The standard InChI is InChI=1S/C17H18N4O2/c22-16(15-8-4-5-9-18-15)20-10-12-21(13-11-20)17(23)19-14-6-2-1-3-7-14/h1-9H,10-13H2,(H,19,23). The van der Waals surface area contributed by atoms with Gasteiger partial charge in [0.2, 0.25) is 0 Å². The van der Waals surface area contributed by atoms with E-state index in [0.717, 1.165) is 5.69 Å². The number of hydrogen-bond donors (Lipinski definition) is 1. The van der Waals surface area contributed by atoms with E-state index in [-0.39, 0.29) is 11.9 Å². The van der Waals surface area contributed by atoms with E-state index in [2.05, 4.69) is 10.3 Å². The summed E-state index contributed by atoms with van der Waals surface area (Å²) in [5.74, 6) is -0.0892. The van der Waals surface area contributed by atoms with E-state index in [9.17, 15) is 9.59 Å². The minimum atomic E-state index is -0.138. The number of piperazine rings is 1. The number of para-hydroxylation sites is 1. The van der Waals surface area contributed by atoms with Crippen LogP contribution in [0, 0.1) is 0 Å². The van der Waals surface area contributed by atoms with Crippen molar-refractivity contribution in [1.82, 2.24) is 14.8 Å². The maximum atomic E-state index is 12.3. The number of amides is 3. The molecule has 23 heavy (non-hydrogen) atoms. The van der Waals surface area contributed by atoms with Crippen LogP contribution in [0.1, 0.15) is 10.5 Å². The van der Waals surface area contributed by atoms with Crippen molar-refractivity contribution in [2.75, 3.05) is 31.5 Å². The number of nitrogens with one attached hydrogen (secondary N) is 1. The topological polar surface area (TPSA) is 65.5 Å².